The average molecular weight is 343 g/mol. The number of aromatic nitrogens is 5. The Balaban J connectivity index is 1.72. The summed E-state index contributed by atoms with van der Waals surface area (Å²) in [6.45, 7) is 5.68. The summed E-state index contributed by atoms with van der Waals surface area (Å²) in [6.07, 6.45) is 3.07. The highest BCUT2D eigenvalue weighted by Crippen LogP contribution is 2.22. The molecule has 2 aromatic rings. The maximum absolute atomic E-state index is 5.82. The third-order valence-electron chi connectivity index (χ3n) is 4.19. The van der Waals surface area contributed by atoms with Crippen molar-refractivity contribution in [3.63, 3.8) is 0 Å². The predicted molar refractivity (Wildman–Crippen MR) is 91.9 cm³/mol. The zero-order chi connectivity index (χ0) is 17.1. The maximum atomic E-state index is 5.82. The first kappa shape index (κ1) is 16.1. The van der Waals surface area contributed by atoms with Gasteiger partial charge in [0.15, 0.2) is 11.6 Å². The van der Waals surface area contributed by atoms with Crippen LogP contribution in [0.15, 0.2) is 12.4 Å². The number of nitrogens with two attached hydrogens (primary N) is 1. The maximum Gasteiger partial charge on any atom is 0.229 e. The van der Waals surface area contributed by atoms with Crippen molar-refractivity contribution in [2.24, 2.45) is 0 Å². The molecule has 2 aliphatic heterocycles. The Morgan fingerprint density at radius 3 is 2.56 bits per heavy atom. The van der Waals surface area contributed by atoms with Gasteiger partial charge in [-0.2, -0.15) is 9.97 Å². The van der Waals surface area contributed by atoms with Crippen LogP contribution in [0.1, 0.15) is 11.9 Å². The molecule has 0 bridgehead atoms. The number of anilines is 2. The summed E-state index contributed by atoms with van der Waals surface area (Å²) in [5.74, 6) is 2.04. The quantitative estimate of drug-likeness (QED) is 0.637. The van der Waals surface area contributed by atoms with Crippen LogP contribution in [0.4, 0.5) is 11.9 Å². The molecule has 2 saturated heterocycles. The molecule has 0 aromatic carbocycles. The number of ether oxygens (including phenoxy) is 1. The first-order valence-corrected chi connectivity index (χ1v) is 8.41. The van der Waals surface area contributed by atoms with Crippen LogP contribution in [0.3, 0.4) is 0 Å². The average Bonchev–Trinajstić information content (AvgIpc) is 2.69. The Kier molecular flexibility index (Phi) is 4.63. The Labute approximate surface area is 145 Å². The SMILES string of the molecule is Nc1ncc(-c2nc(C3CNCCO3)nc(N3CCNCC3)n2)cn1. The Hall–Kier alpha value is -2.43. The van der Waals surface area contributed by atoms with Crippen molar-refractivity contribution < 1.29 is 4.74 Å². The van der Waals surface area contributed by atoms with Gasteiger partial charge in [0.05, 0.1) is 12.2 Å². The number of nitrogens with zero attached hydrogens (tertiary/aromatic N) is 6. The lowest BCUT2D eigenvalue weighted by Gasteiger charge is -2.29. The molecule has 0 aliphatic carbocycles. The summed E-state index contributed by atoms with van der Waals surface area (Å²) >= 11 is 0. The second-order valence-electron chi connectivity index (χ2n) is 5.95. The van der Waals surface area contributed by atoms with Crippen molar-refractivity contribution in [2.45, 2.75) is 6.10 Å². The Morgan fingerprint density at radius 2 is 1.84 bits per heavy atom. The van der Waals surface area contributed by atoms with Gasteiger partial charge in [0.25, 0.3) is 0 Å². The molecule has 4 heterocycles. The fourth-order valence-corrected chi connectivity index (χ4v) is 2.84. The minimum Gasteiger partial charge on any atom is -0.368 e. The number of nitrogens with one attached hydrogen (secondary N) is 2. The van der Waals surface area contributed by atoms with Gasteiger partial charge in [0, 0.05) is 51.7 Å². The molecule has 132 valence electrons. The van der Waals surface area contributed by atoms with E-state index in [1.807, 2.05) is 0 Å². The fraction of sp³-hybridized carbons (Fsp3) is 0.533. The van der Waals surface area contributed by atoms with Gasteiger partial charge in [-0.3, -0.25) is 0 Å². The second kappa shape index (κ2) is 7.21. The van der Waals surface area contributed by atoms with Crippen LogP contribution in [-0.2, 0) is 4.74 Å². The van der Waals surface area contributed by atoms with E-state index in [1.54, 1.807) is 12.4 Å². The Bertz CT molecular complexity index is 675. The summed E-state index contributed by atoms with van der Waals surface area (Å²) in [7, 11) is 0. The molecule has 0 spiro atoms. The number of morpholine rings is 1. The number of nitrogen functional groups attached to an aromatic ring is 1. The normalized spacial score (nSPS) is 21.3. The Morgan fingerprint density at radius 1 is 1.04 bits per heavy atom. The summed E-state index contributed by atoms with van der Waals surface area (Å²) in [5.41, 5.74) is 6.29. The molecule has 10 nitrogen and oxygen atoms in total. The molecule has 10 heteroatoms. The van der Waals surface area contributed by atoms with Gasteiger partial charge < -0.3 is 26.0 Å². The van der Waals surface area contributed by atoms with E-state index in [9.17, 15) is 0 Å². The number of rotatable bonds is 3. The van der Waals surface area contributed by atoms with Gasteiger partial charge in [0.1, 0.15) is 6.10 Å². The highest BCUT2D eigenvalue weighted by atomic mass is 16.5. The van der Waals surface area contributed by atoms with Gasteiger partial charge in [-0.15, -0.1) is 0 Å². The largest absolute Gasteiger partial charge is 0.368 e. The third kappa shape index (κ3) is 3.65. The van der Waals surface area contributed by atoms with Crippen molar-refractivity contribution in [1.82, 2.24) is 35.6 Å². The van der Waals surface area contributed by atoms with Gasteiger partial charge in [0.2, 0.25) is 11.9 Å². The van der Waals surface area contributed by atoms with Crippen LogP contribution in [0.2, 0.25) is 0 Å². The standard InChI is InChI=1S/C15H21N9O/c16-14-19-7-10(8-20-14)12-21-13(11-9-18-3-6-25-11)23-15(22-12)24-4-1-17-2-5-24/h7-8,11,17-18H,1-6,9H2,(H2,16,19,20). The molecule has 1 unspecified atom stereocenters. The predicted octanol–water partition coefficient (Wildman–Crippen LogP) is -1.02. The van der Waals surface area contributed by atoms with E-state index in [0.29, 0.717) is 36.3 Å². The van der Waals surface area contributed by atoms with Crippen molar-refractivity contribution >= 4 is 11.9 Å². The molecule has 2 aromatic heterocycles. The molecule has 0 radical (unpaired) electrons. The van der Waals surface area contributed by atoms with Crippen molar-refractivity contribution in [2.75, 3.05) is 56.5 Å². The molecular formula is C15H21N9O. The zero-order valence-electron chi connectivity index (χ0n) is 13.9. The van der Waals surface area contributed by atoms with E-state index in [1.165, 1.54) is 0 Å². The van der Waals surface area contributed by atoms with Crippen molar-refractivity contribution in [1.29, 1.82) is 0 Å². The molecule has 25 heavy (non-hydrogen) atoms. The minimum absolute atomic E-state index is 0.188. The number of piperazine rings is 1. The molecule has 4 rings (SSSR count). The van der Waals surface area contributed by atoms with Crippen LogP contribution < -0.4 is 21.3 Å². The molecular weight excluding hydrogens is 322 g/mol. The van der Waals surface area contributed by atoms with Crippen molar-refractivity contribution in [3.05, 3.63) is 18.2 Å². The summed E-state index contributed by atoms with van der Waals surface area (Å²) in [4.78, 5) is 24.1. The van der Waals surface area contributed by atoms with Crippen LogP contribution in [0.5, 0.6) is 0 Å². The lowest BCUT2D eigenvalue weighted by molar-refractivity contribution is 0.0221. The van der Waals surface area contributed by atoms with E-state index in [4.69, 9.17) is 10.5 Å². The van der Waals surface area contributed by atoms with Gasteiger partial charge in [-0.25, -0.2) is 15.0 Å². The first-order valence-electron chi connectivity index (χ1n) is 8.41. The van der Waals surface area contributed by atoms with Crippen LogP contribution in [0.25, 0.3) is 11.4 Å². The second-order valence-corrected chi connectivity index (χ2v) is 5.95. The van der Waals surface area contributed by atoms with E-state index in [-0.39, 0.29) is 12.1 Å². The molecule has 0 amide bonds. The van der Waals surface area contributed by atoms with E-state index in [0.717, 1.165) is 32.7 Å². The summed E-state index contributed by atoms with van der Waals surface area (Å²) in [6, 6.07) is 0. The van der Waals surface area contributed by atoms with Gasteiger partial charge in [-0.1, -0.05) is 0 Å². The smallest absolute Gasteiger partial charge is 0.229 e. The molecule has 4 N–H and O–H groups in total. The fourth-order valence-electron chi connectivity index (χ4n) is 2.84. The molecule has 0 saturated carbocycles. The van der Waals surface area contributed by atoms with E-state index in [2.05, 4.69) is 40.5 Å². The highest BCUT2D eigenvalue weighted by Gasteiger charge is 2.23. The molecule has 2 fully saturated rings. The van der Waals surface area contributed by atoms with Gasteiger partial charge in [-0.05, 0) is 0 Å². The van der Waals surface area contributed by atoms with E-state index >= 15 is 0 Å². The van der Waals surface area contributed by atoms with Crippen LogP contribution >= 0.6 is 0 Å². The minimum atomic E-state index is -0.188. The third-order valence-corrected chi connectivity index (χ3v) is 4.19. The molecule has 1 atom stereocenters. The van der Waals surface area contributed by atoms with Crippen LogP contribution in [-0.4, -0.2) is 70.8 Å². The monoisotopic (exact) mass is 343 g/mol. The summed E-state index contributed by atoms with van der Waals surface area (Å²) in [5, 5.41) is 6.64. The first-order chi connectivity index (χ1) is 12.3. The van der Waals surface area contributed by atoms with Crippen molar-refractivity contribution in [3.8, 4) is 11.4 Å². The van der Waals surface area contributed by atoms with E-state index < -0.39 is 0 Å². The number of hydrogen-bond acceptors (Lipinski definition) is 10. The van der Waals surface area contributed by atoms with Crippen LogP contribution in [0, 0.1) is 0 Å². The highest BCUT2D eigenvalue weighted by molar-refractivity contribution is 5.54. The lowest BCUT2D eigenvalue weighted by atomic mass is 10.2. The van der Waals surface area contributed by atoms with Gasteiger partial charge >= 0.3 is 0 Å². The summed E-state index contributed by atoms with van der Waals surface area (Å²) < 4.78 is 5.82. The molecule has 2 aliphatic rings. The lowest BCUT2D eigenvalue weighted by Crippen LogP contribution is -2.44. The topological polar surface area (TPSA) is 127 Å². The zero-order valence-corrected chi connectivity index (χ0v) is 13.9. The number of hydrogen-bond donors (Lipinski definition) is 3.